The van der Waals surface area contributed by atoms with E-state index in [1.807, 2.05) is 62.4 Å². The molecule has 0 aromatic heterocycles. The molecule has 0 amide bonds. The summed E-state index contributed by atoms with van der Waals surface area (Å²) in [5, 5.41) is 10.2. The Balaban J connectivity index is 2.12. The maximum Gasteiger partial charge on any atom is 0.315 e. The van der Waals surface area contributed by atoms with E-state index in [4.69, 9.17) is 27.9 Å². The van der Waals surface area contributed by atoms with Gasteiger partial charge in [-0.1, -0.05) is 85.6 Å². The molecule has 1 N–H and O–H groups in total. The van der Waals surface area contributed by atoms with Gasteiger partial charge in [0.1, 0.15) is 15.7 Å². The fourth-order valence-electron chi connectivity index (χ4n) is 4.09. The van der Waals surface area contributed by atoms with Crippen LogP contribution in [0.1, 0.15) is 19.4 Å². The zero-order valence-electron chi connectivity index (χ0n) is 14.6. The van der Waals surface area contributed by atoms with Crippen molar-refractivity contribution in [2.24, 2.45) is 10.8 Å². The lowest BCUT2D eigenvalue weighted by molar-refractivity contribution is -0.146. The number of carboxylic acids is 1. The van der Waals surface area contributed by atoms with Gasteiger partial charge in [0.2, 0.25) is 0 Å². The molecule has 3 rings (SSSR count). The van der Waals surface area contributed by atoms with Gasteiger partial charge in [0, 0.05) is 5.41 Å². The van der Waals surface area contributed by atoms with Crippen LogP contribution >= 0.6 is 23.2 Å². The summed E-state index contributed by atoms with van der Waals surface area (Å²) in [5.74, 6) is -0.365. The highest BCUT2D eigenvalue weighted by molar-refractivity contribution is 6.56. The molecule has 3 nitrogen and oxygen atoms in total. The Kier molecular flexibility index (Phi) is 4.80. The van der Waals surface area contributed by atoms with E-state index in [-0.39, 0.29) is 4.49 Å². The first-order chi connectivity index (χ1) is 12.3. The van der Waals surface area contributed by atoms with Gasteiger partial charge in [-0.05, 0) is 30.2 Å². The smallest absolute Gasteiger partial charge is 0.315 e. The number of hydrogen-bond acceptors (Lipinski definition) is 2. The molecule has 0 radical (unpaired) electrons. The molecule has 1 aliphatic carbocycles. The van der Waals surface area contributed by atoms with Crippen LogP contribution in [0.4, 0.5) is 0 Å². The number of rotatable bonds is 6. The molecule has 0 bridgehead atoms. The lowest BCUT2D eigenvalue weighted by Crippen LogP contribution is -2.33. The van der Waals surface area contributed by atoms with Gasteiger partial charge in [-0.25, -0.2) is 0 Å². The zero-order valence-corrected chi connectivity index (χ0v) is 16.1. The number of aliphatic carboxylic acids is 1. The van der Waals surface area contributed by atoms with Crippen molar-refractivity contribution < 1.29 is 14.6 Å². The van der Waals surface area contributed by atoms with Gasteiger partial charge in [0.15, 0.2) is 5.60 Å². The monoisotopic (exact) mass is 390 g/mol. The van der Waals surface area contributed by atoms with E-state index in [2.05, 4.69) is 0 Å². The molecule has 0 spiro atoms. The average Bonchev–Trinajstić information content (AvgIpc) is 2.98. The molecular weight excluding hydrogens is 371 g/mol. The molecule has 1 saturated carbocycles. The third-order valence-corrected chi connectivity index (χ3v) is 5.80. The van der Waals surface area contributed by atoms with Crippen LogP contribution in [0.5, 0.6) is 5.75 Å². The van der Waals surface area contributed by atoms with E-state index in [0.29, 0.717) is 12.2 Å². The summed E-state index contributed by atoms with van der Waals surface area (Å²) < 4.78 is 6.25. The molecule has 136 valence electrons. The van der Waals surface area contributed by atoms with E-state index >= 15 is 0 Å². The van der Waals surface area contributed by atoms with Crippen molar-refractivity contribution in [2.75, 3.05) is 0 Å². The first-order valence-electron chi connectivity index (χ1n) is 8.32. The molecule has 2 atom stereocenters. The Bertz CT molecular complexity index is 829. The van der Waals surface area contributed by atoms with Crippen LogP contribution in [-0.2, 0) is 11.2 Å². The van der Waals surface area contributed by atoms with Crippen molar-refractivity contribution in [3.05, 3.63) is 76.8 Å². The lowest BCUT2D eigenvalue weighted by Gasteiger charge is -2.22. The second kappa shape index (κ2) is 6.64. The summed E-state index contributed by atoms with van der Waals surface area (Å²) in [7, 11) is 0. The summed E-state index contributed by atoms with van der Waals surface area (Å²) in [5.41, 5.74) is -2.18. The quantitative estimate of drug-likeness (QED) is 0.710. The Labute approximate surface area is 163 Å². The molecule has 0 aliphatic heterocycles. The van der Waals surface area contributed by atoms with Gasteiger partial charge in [0.05, 0.1) is 0 Å². The minimum absolute atomic E-state index is 0.00908. The number of hydrogen-bond donors (Lipinski definition) is 1. The Morgan fingerprint density at radius 2 is 1.58 bits per heavy atom. The topological polar surface area (TPSA) is 46.5 Å². The number of halogens is 2. The average molecular weight is 391 g/mol. The molecule has 26 heavy (non-hydrogen) atoms. The van der Waals surface area contributed by atoms with Crippen molar-refractivity contribution in [3.8, 4) is 5.75 Å². The molecule has 5 heteroatoms. The minimum Gasteiger partial charge on any atom is -0.481 e. The van der Waals surface area contributed by atoms with E-state index in [1.54, 1.807) is 12.1 Å². The van der Waals surface area contributed by atoms with Crippen molar-refractivity contribution in [2.45, 2.75) is 25.9 Å². The highest BCUT2D eigenvalue weighted by Crippen LogP contribution is 2.75. The number of carbonyl (C=O) groups is 1. The number of ether oxygens (including phenoxy) is 1. The first-order valence-corrected chi connectivity index (χ1v) is 9.08. The maximum atomic E-state index is 12.5. The normalized spacial score (nSPS) is 26.0. The fourth-order valence-corrected chi connectivity index (χ4v) is 4.40. The Hall–Kier alpha value is -1.97. The Morgan fingerprint density at radius 1 is 1.04 bits per heavy atom. The van der Waals surface area contributed by atoms with E-state index in [9.17, 15) is 9.90 Å². The maximum absolute atomic E-state index is 12.5. The van der Waals surface area contributed by atoms with Crippen LogP contribution in [0.15, 0.2) is 71.2 Å². The molecule has 1 aliphatic rings. The fraction of sp³-hybridized carbons (Fsp3) is 0.286. The predicted molar refractivity (Wildman–Crippen MR) is 104 cm³/mol. The molecule has 1 fully saturated rings. The zero-order chi connectivity index (χ0) is 19.0. The van der Waals surface area contributed by atoms with Crippen LogP contribution in [-0.4, -0.2) is 16.7 Å². The van der Waals surface area contributed by atoms with Crippen LogP contribution < -0.4 is 4.74 Å². The third-order valence-electron chi connectivity index (χ3n) is 5.58. The van der Waals surface area contributed by atoms with Crippen LogP contribution in [0.25, 0.3) is 0 Å². The number of benzene rings is 2. The Morgan fingerprint density at radius 3 is 2.08 bits per heavy atom. The standard InChI is InChI=1S/C21H20Cl2O3/c1-19(2)20(18(24)25,13-15-9-5-3-6-10-15)21(19,14-17(22)23)26-16-11-7-4-8-12-16/h3-12,14H,13H2,1-2H3,(H,24,25). The summed E-state index contributed by atoms with van der Waals surface area (Å²) in [4.78, 5) is 12.5. The second-order valence-electron chi connectivity index (χ2n) is 7.08. The summed E-state index contributed by atoms with van der Waals surface area (Å²) >= 11 is 12.0. The summed E-state index contributed by atoms with van der Waals surface area (Å²) in [6, 6.07) is 18.6. The van der Waals surface area contributed by atoms with Gasteiger partial charge in [-0.2, -0.15) is 0 Å². The molecule has 2 aromatic rings. The first kappa shape index (κ1) is 18.8. The molecule has 0 heterocycles. The molecule has 2 unspecified atom stereocenters. The van der Waals surface area contributed by atoms with E-state index < -0.39 is 22.4 Å². The number of para-hydroxylation sites is 1. The third kappa shape index (κ3) is 2.70. The summed E-state index contributed by atoms with van der Waals surface area (Å²) in [6.45, 7) is 3.75. The second-order valence-corrected chi connectivity index (χ2v) is 8.09. The van der Waals surface area contributed by atoms with Crippen molar-refractivity contribution >= 4 is 29.2 Å². The summed E-state index contributed by atoms with van der Waals surface area (Å²) in [6.07, 6.45) is 1.83. The van der Waals surface area contributed by atoms with Gasteiger partial charge in [0.25, 0.3) is 0 Å². The van der Waals surface area contributed by atoms with E-state index in [0.717, 1.165) is 5.56 Å². The van der Waals surface area contributed by atoms with Crippen LogP contribution in [0.2, 0.25) is 0 Å². The van der Waals surface area contributed by atoms with E-state index in [1.165, 1.54) is 6.08 Å². The van der Waals surface area contributed by atoms with Gasteiger partial charge >= 0.3 is 5.97 Å². The molecule has 0 saturated heterocycles. The molecule has 2 aromatic carbocycles. The van der Waals surface area contributed by atoms with Crippen LogP contribution in [0.3, 0.4) is 0 Å². The highest BCUT2D eigenvalue weighted by atomic mass is 35.5. The minimum atomic E-state index is -1.20. The van der Waals surface area contributed by atoms with Gasteiger partial charge < -0.3 is 9.84 Å². The van der Waals surface area contributed by atoms with Crippen molar-refractivity contribution in [1.29, 1.82) is 0 Å². The lowest BCUT2D eigenvalue weighted by atomic mass is 9.88. The van der Waals surface area contributed by atoms with Crippen molar-refractivity contribution in [3.63, 3.8) is 0 Å². The molecular formula is C21H20Cl2O3. The van der Waals surface area contributed by atoms with Gasteiger partial charge in [-0.15, -0.1) is 0 Å². The highest BCUT2D eigenvalue weighted by Gasteiger charge is 2.88. The van der Waals surface area contributed by atoms with Crippen molar-refractivity contribution in [1.82, 2.24) is 0 Å². The number of carboxylic acid groups (broad SMARTS) is 1. The predicted octanol–water partition coefficient (Wildman–Crippen LogP) is 5.48. The van der Waals surface area contributed by atoms with Crippen LogP contribution in [0, 0.1) is 10.8 Å². The largest absolute Gasteiger partial charge is 0.481 e. The van der Waals surface area contributed by atoms with Gasteiger partial charge in [-0.3, -0.25) is 4.79 Å². The SMILES string of the molecule is CC1(C)C(C=C(Cl)Cl)(Oc2ccccc2)C1(Cc1ccccc1)C(=O)O.